The second-order valence-electron chi connectivity index (χ2n) is 6.61. The number of phenols is 4. The molecule has 0 spiro atoms. The molecule has 4 N–H and O–H groups in total. The summed E-state index contributed by atoms with van der Waals surface area (Å²) < 4.78 is 5.09. The molecule has 2 aromatic rings. The number of hydrogen-bond acceptors (Lipinski definition) is 7. The summed E-state index contributed by atoms with van der Waals surface area (Å²) in [5, 5.41) is 39.1. The number of carbonyl (C=O) groups is 2. The first-order valence-corrected chi connectivity index (χ1v) is 8.80. The van der Waals surface area contributed by atoms with Crippen LogP contribution in [0.15, 0.2) is 30.3 Å². The smallest absolute Gasteiger partial charge is 0.329 e. The van der Waals surface area contributed by atoms with Gasteiger partial charge in [0.05, 0.1) is 12.6 Å². The standard InChI is InChI=1S/C20H21NO7/c1-2-28-20(27)15-7-12-8-18(25)19(26)9-13(12)14(21(15)10-22)5-11-3-4-16(23)17(24)6-11/h3-4,6,8-10,14-15,23-26H,2,5,7H2,1H3/t14-,15-/m0/s1. The van der Waals surface area contributed by atoms with Crippen molar-refractivity contribution in [3.05, 3.63) is 47.0 Å². The molecule has 0 radical (unpaired) electrons. The molecule has 0 saturated carbocycles. The number of ether oxygens (including phenoxy) is 1. The molecule has 3 rings (SSSR count). The van der Waals surface area contributed by atoms with Crippen LogP contribution in [0.4, 0.5) is 0 Å². The second-order valence-corrected chi connectivity index (χ2v) is 6.61. The Balaban J connectivity index is 2.07. The predicted octanol–water partition coefficient (Wildman–Crippen LogP) is 1.74. The zero-order valence-corrected chi connectivity index (χ0v) is 15.2. The van der Waals surface area contributed by atoms with Crippen LogP contribution in [-0.4, -0.2) is 50.4 Å². The fourth-order valence-electron chi connectivity index (χ4n) is 3.54. The van der Waals surface area contributed by atoms with E-state index < -0.39 is 18.1 Å². The van der Waals surface area contributed by atoms with E-state index in [4.69, 9.17) is 4.74 Å². The molecular weight excluding hydrogens is 366 g/mol. The fourth-order valence-corrected chi connectivity index (χ4v) is 3.54. The molecule has 1 aliphatic heterocycles. The summed E-state index contributed by atoms with van der Waals surface area (Å²) in [5.41, 5.74) is 1.80. The van der Waals surface area contributed by atoms with Gasteiger partial charge in [0.15, 0.2) is 23.0 Å². The molecule has 2 aromatic carbocycles. The van der Waals surface area contributed by atoms with Gasteiger partial charge < -0.3 is 30.1 Å². The zero-order chi connectivity index (χ0) is 20.4. The van der Waals surface area contributed by atoms with Gasteiger partial charge in [0, 0.05) is 6.42 Å². The van der Waals surface area contributed by atoms with Crippen molar-refractivity contribution in [1.29, 1.82) is 0 Å². The van der Waals surface area contributed by atoms with E-state index in [0.29, 0.717) is 23.1 Å². The van der Waals surface area contributed by atoms with Gasteiger partial charge >= 0.3 is 5.97 Å². The number of aromatic hydroxyl groups is 4. The lowest BCUT2D eigenvalue weighted by molar-refractivity contribution is -0.154. The molecule has 8 nitrogen and oxygen atoms in total. The van der Waals surface area contributed by atoms with E-state index in [1.54, 1.807) is 13.0 Å². The first kappa shape index (κ1) is 19.3. The lowest BCUT2D eigenvalue weighted by Gasteiger charge is -2.40. The number of rotatable bonds is 5. The molecule has 8 heteroatoms. The van der Waals surface area contributed by atoms with E-state index in [2.05, 4.69) is 0 Å². The van der Waals surface area contributed by atoms with Crippen LogP contribution in [0.25, 0.3) is 0 Å². The van der Waals surface area contributed by atoms with Crippen molar-refractivity contribution < 1.29 is 34.8 Å². The third kappa shape index (κ3) is 3.53. The highest BCUT2D eigenvalue weighted by Gasteiger charge is 2.39. The normalized spacial score (nSPS) is 18.4. The van der Waals surface area contributed by atoms with Crippen molar-refractivity contribution in [2.75, 3.05) is 6.61 Å². The molecule has 0 fully saturated rings. The lowest BCUT2D eigenvalue weighted by atomic mass is 9.85. The number of benzene rings is 2. The van der Waals surface area contributed by atoms with Crippen LogP contribution in [0.3, 0.4) is 0 Å². The van der Waals surface area contributed by atoms with Crippen molar-refractivity contribution in [2.45, 2.75) is 31.8 Å². The van der Waals surface area contributed by atoms with E-state index in [1.165, 1.54) is 29.2 Å². The number of carbonyl (C=O) groups excluding carboxylic acids is 2. The molecule has 0 unspecified atom stereocenters. The Hall–Kier alpha value is -3.42. The number of nitrogens with zero attached hydrogens (tertiary/aromatic N) is 1. The molecule has 0 aromatic heterocycles. The Kier molecular flexibility index (Phi) is 5.30. The summed E-state index contributed by atoms with van der Waals surface area (Å²) >= 11 is 0. The largest absolute Gasteiger partial charge is 0.504 e. The minimum absolute atomic E-state index is 0.137. The first-order chi connectivity index (χ1) is 13.3. The summed E-state index contributed by atoms with van der Waals surface area (Å²) in [6.45, 7) is 1.83. The van der Waals surface area contributed by atoms with Crippen molar-refractivity contribution in [1.82, 2.24) is 4.90 Å². The lowest BCUT2D eigenvalue weighted by Crippen LogP contribution is -2.48. The van der Waals surface area contributed by atoms with E-state index in [0.717, 1.165) is 0 Å². The van der Waals surface area contributed by atoms with Gasteiger partial charge in [0.25, 0.3) is 0 Å². The Morgan fingerprint density at radius 3 is 2.43 bits per heavy atom. The van der Waals surface area contributed by atoms with Crippen LogP contribution in [0.5, 0.6) is 23.0 Å². The van der Waals surface area contributed by atoms with Crippen molar-refractivity contribution >= 4 is 12.4 Å². The Morgan fingerprint density at radius 2 is 1.79 bits per heavy atom. The van der Waals surface area contributed by atoms with E-state index in [-0.39, 0.29) is 42.4 Å². The maximum absolute atomic E-state index is 12.4. The molecule has 1 heterocycles. The number of amides is 1. The Bertz CT molecular complexity index is 912. The van der Waals surface area contributed by atoms with Crippen LogP contribution < -0.4 is 0 Å². The highest BCUT2D eigenvalue weighted by Crippen LogP contribution is 2.40. The number of phenolic OH excluding ortho intramolecular Hbond substituents is 4. The third-order valence-corrected chi connectivity index (χ3v) is 4.88. The maximum atomic E-state index is 12.4. The molecule has 0 aliphatic carbocycles. The summed E-state index contributed by atoms with van der Waals surface area (Å²) in [5.74, 6) is -1.79. The zero-order valence-electron chi connectivity index (χ0n) is 15.2. The maximum Gasteiger partial charge on any atom is 0.329 e. The van der Waals surface area contributed by atoms with Crippen molar-refractivity contribution in [3.8, 4) is 23.0 Å². The van der Waals surface area contributed by atoms with Crippen LogP contribution in [0.1, 0.15) is 29.7 Å². The quantitative estimate of drug-likeness (QED) is 0.349. The summed E-state index contributed by atoms with van der Waals surface area (Å²) in [4.78, 5) is 25.6. The fraction of sp³-hybridized carbons (Fsp3) is 0.300. The van der Waals surface area contributed by atoms with Gasteiger partial charge in [-0.3, -0.25) is 4.79 Å². The number of fused-ring (bicyclic) bond motifs is 1. The molecule has 0 saturated heterocycles. The molecule has 2 atom stereocenters. The van der Waals surface area contributed by atoms with Gasteiger partial charge in [0.2, 0.25) is 6.41 Å². The topological polar surface area (TPSA) is 128 Å². The third-order valence-electron chi connectivity index (χ3n) is 4.88. The second kappa shape index (κ2) is 7.67. The van der Waals surface area contributed by atoms with Gasteiger partial charge in [0.1, 0.15) is 6.04 Å². The van der Waals surface area contributed by atoms with Crippen LogP contribution >= 0.6 is 0 Å². The average Bonchev–Trinajstić information content (AvgIpc) is 2.66. The highest BCUT2D eigenvalue weighted by atomic mass is 16.5. The van der Waals surface area contributed by atoms with Crippen LogP contribution in [-0.2, 0) is 27.2 Å². The minimum Gasteiger partial charge on any atom is -0.504 e. The highest BCUT2D eigenvalue weighted by molar-refractivity contribution is 5.80. The summed E-state index contributed by atoms with van der Waals surface area (Å²) in [7, 11) is 0. The molecule has 1 aliphatic rings. The van der Waals surface area contributed by atoms with Crippen molar-refractivity contribution in [2.24, 2.45) is 0 Å². The number of esters is 1. The van der Waals surface area contributed by atoms with Gasteiger partial charge in [-0.05, 0) is 54.3 Å². The van der Waals surface area contributed by atoms with Crippen LogP contribution in [0.2, 0.25) is 0 Å². The molecule has 1 amide bonds. The first-order valence-electron chi connectivity index (χ1n) is 8.80. The van der Waals surface area contributed by atoms with Gasteiger partial charge in [-0.2, -0.15) is 0 Å². The summed E-state index contributed by atoms with van der Waals surface area (Å²) in [6, 6.07) is 5.50. The van der Waals surface area contributed by atoms with Gasteiger partial charge in [-0.25, -0.2) is 4.79 Å². The van der Waals surface area contributed by atoms with Crippen LogP contribution in [0, 0.1) is 0 Å². The van der Waals surface area contributed by atoms with E-state index in [9.17, 15) is 30.0 Å². The van der Waals surface area contributed by atoms with E-state index >= 15 is 0 Å². The summed E-state index contributed by atoms with van der Waals surface area (Å²) in [6.07, 6.45) is 0.900. The van der Waals surface area contributed by atoms with E-state index in [1.807, 2.05) is 0 Å². The minimum atomic E-state index is -0.885. The monoisotopic (exact) mass is 387 g/mol. The molecule has 0 bridgehead atoms. The molecule has 28 heavy (non-hydrogen) atoms. The Labute approximate surface area is 161 Å². The van der Waals surface area contributed by atoms with Gasteiger partial charge in [-0.1, -0.05) is 6.07 Å². The number of hydrogen-bond donors (Lipinski definition) is 4. The average molecular weight is 387 g/mol. The Morgan fingerprint density at radius 1 is 1.11 bits per heavy atom. The SMILES string of the molecule is CCOC(=O)[C@@H]1Cc2cc(O)c(O)cc2[C@H](Cc2ccc(O)c(O)c2)N1C=O. The van der Waals surface area contributed by atoms with Crippen molar-refractivity contribution in [3.63, 3.8) is 0 Å². The molecular formula is C20H21NO7. The molecule has 148 valence electrons. The predicted molar refractivity (Wildman–Crippen MR) is 98.0 cm³/mol. The van der Waals surface area contributed by atoms with Gasteiger partial charge in [-0.15, -0.1) is 0 Å².